The fourth-order valence-corrected chi connectivity index (χ4v) is 2.93. The van der Waals surface area contributed by atoms with E-state index in [-0.39, 0.29) is 24.8 Å². The second-order valence-electron chi connectivity index (χ2n) is 5.93. The first-order valence-electron chi connectivity index (χ1n) is 8.35. The maximum absolute atomic E-state index is 5.56. The van der Waals surface area contributed by atoms with Crippen LogP contribution in [0, 0.1) is 6.92 Å². The van der Waals surface area contributed by atoms with Gasteiger partial charge in [0.05, 0.1) is 17.4 Å². The van der Waals surface area contributed by atoms with Crippen LogP contribution in [-0.4, -0.2) is 42.2 Å². The van der Waals surface area contributed by atoms with Gasteiger partial charge < -0.3 is 15.6 Å². The Labute approximate surface area is 169 Å². The van der Waals surface area contributed by atoms with Gasteiger partial charge in [-0.05, 0) is 44.5 Å². The van der Waals surface area contributed by atoms with E-state index in [1.807, 2.05) is 40.3 Å². The van der Waals surface area contributed by atoms with Crippen molar-refractivity contribution < 1.29 is 0 Å². The van der Waals surface area contributed by atoms with E-state index < -0.39 is 0 Å². The fourth-order valence-electron chi connectivity index (χ4n) is 2.93. The molecule has 0 aliphatic heterocycles. The molecule has 0 bridgehead atoms. The first kappa shape index (κ1) is 20.9. The minimum Gasteiger partial charge on any atom is -0.367 e. The molecule has 0 aliphatic carbocycles. The monoisotopic (exact) mass is 408 g/mol. The van der Waals surface area contributed by atoms with Gasteiger partial charge >= 0.3 is 0 Å². The second kappa shape index (κ2) is 8.98. The summed E-state index contributed by atoms with van der Waals surface area (Å²) in [5.41, 5.74) is 9.17. The summed E-state index contributed by atoms with van der Waals surface area (Å²) in [7, 11) is 0. The molecule has 0 aliphatic rings. The summed E-state index contributed by atoms with van der Waals surface area (Å²) in [6, 6.07) is 6.12. The lowest BCUT2D eigenvalue weighted by Gasteiger charge is -2.11. The molecule has 0 fully saturated rings. The lowest BCUT2D eigenvalue weighted by Crippen LogP contribution is -2.09. The van der Waals surface area contributed by atoms with E-state index in [2.05, 4.69) is 20.5 Å². The van der Waals surface area contributed by atoms with Gasteiger partial charge in [0, 0.05) is 24.6 Å². The summed E-state index contributed by atoms with van der Waals surface area (Å²) in [5, 5.41) is 11.9. The third-order valence-electron chi connectivity index (χ3n) is 4.19. The average Bonchev–Trinajstić information content (AvgIpc) is 3.28. The quantitative estimate of drug-likeness (QED) is 0.475. The summed E-state index contributed by atoms with van der Waals surface area (Å²) in [6.07, 6.45) is 7.42. The van der Waals surface area contributed by atoms with Crippen LogP contribution in [0.2, 0.25) is 0 Å². The van der Waals surface area contributed by atoms with Crippen LogP contribution in [0.15, 0.2) is 36.9 Å². The molecule has 8 nitrogen and oxygen atoms in total. The zero-order valence-corrected chi connectivity index (χ0v) is 16.5. The number of aromatic nitrogens is 6. The van der Waals surface area contributed by atoms with Crippen molar-refractivity contribution in [2.75, 3.05) is 18.4 Å². The van der Waals surface area contributed by atoms with Crippen molar-refractivity contribution in [2.45, 2.75) is 19.8 Å². The van der Waals surface area contributed by atoms with Crippen LogP contribution >= 0.6 is 24.8 Å². The highest BCUT2D eigenvalue weighted by molar-refractivity contribution is 5.86. The summed E-state index contributed by atoms with van der Waals surface area (Å²) in [6.45, 7) is 3.44. The van der Waals surface area contributed by atoms with Gasteiger partial charge in [-0.15, -0.1) is 35.0 Å². The highest BCUT2D eigenvalue weighted by Crippen LogP contribution is 2.23. The van der Waals surface area contributed by atoms with E-state index in [4.69, 9.17) is 10.7 Å². The van der Waals surface area contributed by atoms with Gasteiger partial charge in [0.1, 0.15) is 5.82 Å². The van der Waals surface area contributed by atoms with E-state index >= 15 is 0 Å². The molecular formula is C17H22Cl2N8. The SMILES string of the molecule is Cc1nnc2c(NCCCCN)nc3cc(-n4ccnc4)ccc3n12.Cl.Cl. The summed E-state index contributed by atoms with van der Waals surface area (Å²) in [4.78, 5) is 8.89. The van der Waals surface area contributed by atoms with E-state index in [0.717, 1.165) is 53.4 Å². The Kier molecular flexibility index (Phi) is 6.95. The number of unbranched alkanes of at least 4 members (excludes halogenated alkanes) is 1. The van der Waals surface area contributed by atoms with Crippen LogP contribution in [0.3, 0.4) is 0 Å². The van der Waals surface area contributed by atoms with Crippen molar-refractivity contribution in [2.24, 2.45) is 5.73 Å². The van der Waals surface area contributed by atoms with Gasteiger partial charge in [-0.25, -0.2) is 9.97 Å². The average molecular weight is 409 g/mol. The van der Waals surface area contributed by atoms with Crippen LogP contribution < -0.4 is 11.1 Å². The molecular weight excluding hydrogens is 387 g/mol. The normalized spacial score (nSPS) is 10.6. The number of hydrogen-bond acceptors (Lipinski definition) is 6. The molecule has 3 N–H and O–H groups in total. The molecule has 1 aromatic carbocycles. The van der Waals surface area contributed by atoms with Gasteiger partial charge in [-0.1, -0.05) is 0 Å². The van der Waals surface area contributed by atoms with Crippen LogP contribution in [-0.2, 0) is 0 Å². The Morgan fingerprint density at radius 3 is 2.74 bits per heavy atom. The minimum atomic E-state index is 0. The number of rotatable bonds is 6. The number of aryl methyl sites for hydroxylation is 1. The molecule has 4 rings (SSSR count). The Balaban J connectivity index is 0.00000131. The van der Waals surface area contributed by atoms with Gasteiger partial charge in [-0.3, -0.25) is 4.40 Å². The molecule has 0 atom stereocenters. The van der Waals surface area contributed by atoms with E-state index in [0.29, 0.717) is 6.54 Å². The summed E-state index contributed by atoms with van der Waals surface area (Å²) in [5.74, 6) is 1.58. The number of fused-ring (bicyclic) bond motifs is 3. The number of hydrogen-bond donors (Lipinski definition) is 2. The predicted octanol–water partition coefficient (Wildman–Crippen LogP) is 2.77. The number of halogens is 2. The van der Waals surface area contributed by atoms with Crippen molar-refractivity contribution in [3.63, 3.8) is 0 Å². The maximum atomic E-state index is 5.56. The highest BCUT2D eigenvalue weighted by atomic mass is 35.5. The molecule has 3 aromatic heterocycles. The first-order chi connectivity index (χ1) is 12.3. The standard InChI is InChI=1S/C17H20N8.2ClH/c1-12-22-23-17-16(20-7-3-2-6-18)21-14-10-13(24-9-8-19-11-24)4-5-15(14)25(12)17;;/h4-5,8-11H,2-3,6-7,18H2,1H3,(H,20,21);2*1H. The topological polar surface area (TPSA) is 99.0 Å². The Morgan fingerprint density at radius 1 is 1.15 bits per heavy atom. The molecule has 0 amide bonds. The summed E-state index contributed by atoms with van der Waals surface area (Å²) >= 11 is 0. The Hall–Kier alpha value is -2.42. The van der Waals surface area contributed by atoms with Crippen molar-refractivity contribution in [1.29, 1.82) is 0 Å². The fraction of sp³-hybridized carbons (Fsp3) is 0.294. The molecule has 10 heteroatoms. The molecule has 144 valence electrons. The maximum Gasteiger partial charge on any atom is 0.204 e. The van der Waals surface area contributed by atoms with Gasteiger partial charge in [0.25, 0.3) is 0 Å². The van der Waals surface area contributed by atoms with Crippen LogP contribution in [0.25, 0.3) is 22.4 Å². The van der Waals surface area contributed by atoms with Crippen molar-refractivity contribution >= 4 is 47.3 Å². The Morgan fingerprint density at radius 2 is 2.00 bits per heavy atom. The number of nitrogens with zero attached hydrogens (tertiary/aromatic N) is 6. The molecule has 4 aromatic rings. The lowest BCUT2D eigenvalue weighted by molar-refractivity contribution is 0.772. The lowest BCUT2D eigenvalue weighted by atomic mass is 10.2. The molecule has 0 radical (unpaired) electrons. The molecule has 27 heavy (non-hydrogen) atoms. The van der Waals surface area contributed by atoms with E-state index in [1.165, 1.54) is 0 Å². The smallest absolute Gasteiger partial charge is 0.204 e. The molecule has 0 spiro atoms. The van der Waals surface area contributed by atoms with E-state index in [9.17, 15) is 0 Å². The van der Waals surface area contributed by atoms with Gasteiger partial charge in [0.2, 0.25) is 5.65 Å². The summed E-state index contributed by atoms with van der Waals surface area (Å²) < 4.78 is 3.99. The van der Waals surface area contributed by atoms with E-state index in [1.54, 1.807) is 12.5 Å². The molecule has 3 heterocycles. The van der Waals surface area contributed by atoms with Crippen LogP contribution in [0.4, 0.5) is 5.82 Å². The zero-order valence-electron chi connectivity index (χ0n) is 14.9. The number of benzene rings is 1. The number of nitrogens with one attached hydrogen (secondary N) is 1. The zero-order chi connectivity index (χ0) is 17.2. The third kappa shape index (κ3) is 3.97. The third-order valence-corrected chi connectivity index (χ3v) is 4.19. The van der Waals surface area contributed by atoms with Crippen molar-refractivity contribution in [3.8, 4) is 5.69 Å². The predicted molar refractivity (Wildman–Crippen MR) is 111 cm³/mol. The number of anilines is 1. The molecule has 0 saturated heterocycles. The van der Waals surface area contributed by atoms with Gasteiger partial charge in [-0.2, -0.15) is 0 Å². The molecule has 0 saturated carbocycles. The van der Waals surface area contributed by atoms with Crippen LogP contribution in [0.1, 0.15) is 18.7 Å². The first-order valence-corrected chi connectivity index (χ1v) is 8.35. The highest BCUT2D eigenvalue weighted by Gasteiger charge is 2.13. The van der Waals surface area contributed by atoms with Crippen molar-refractivity contribution in [3.05, 3.63) is 42.7 Å². The van der Waals surface area contributed by atoms with Crippen LogP contribution in [0.5, 0.6) is 0 Å². The Bertz CT molecular complexity index is 1010. The molecule has 0 unspecified atom stereocenters. The minimum absolute atomic E-state index is 0. The largest absolute Gasteiger partial charge is 0.367 e. The number of nitrogens with two attached hydrogens (primary N) is 1. The van der Waals surface area contributed by atoms with Gasteiger partial charge in [0.15, 0.2) is 5.82 Å². The van der Waals surface area contributed by atoms with Crippen molar-refractivity contribution in [1.82, 2.24) is 29.1 Å². The number of imidazole rings is 1. The second-order valence-corrected chi connectivity index (χ2v) is 5.93.